The lowest BCUT2D eigenvalue weighted by Crippen LogP contribution is -2.11. The van der Waals surface area contributed by atoms with Crippen LogP contribution < -0.4 is 0 Å². The Morgan fingerprint density at radius 2 is 1.85 bits per heavy atom. The van der Waals surface area contributed by atoms with Crippen molar-refractivity contribution < 1.29 is 4.74 Å². The molecule has 0 fully saturated rings. The lowest BCUT2D eigenvalue weighted by atomic mass is 9.95. The van der Waals surface area contributed by atoms with Crippen molar-refractivity contribution >= 4 is 0 Å². The Kier molecular flexibility index (Phi) is 6.06. The van der Waals surface area contributed by atoms with Crippen LogP contribution in [0.4, 0.5) is 0 Å². The summed E-state index contributed by atoms with van der Waals surface area (Å²) in [6.45, 7) is 11.7. The molecule has 0 rings (SSSR count). The fourth-order valence-corrected chi connectivity index (χ4v) is 1.13. The highest BCUT2D eigenvalue weighted by Crippen LogP contribution is 2.16. The topological polar surface area (TPSA) is 9.23 Å². The maximum atomic E-state index is 5.59. The second-order valence-corrected chi connectivity index (χ2v) is 4.51. The third kappa shape index (κ3) is 8.04. The number of rotatable bonds is 5. The van der Waals surface area contributed by atoms with E-state index < -0.39 is 0 Å². The Labute approximate surface area is 83.2 Å². The second kappa shape index (κ2) is 6.20. The zero-order chi connectivity index (χ0) is 10.3. The molecule has 78 valence electrons. The molecule has 0 saturated heterocycles. The summed E-state index contributed by atoms with van der Waals surface area (Å²) in [5.74, 6) is 0. The smallest absolute Gasteiger partial charge is 0.0755 e. The highest BCUT2D eigenvalue weighted by molar-refractivity contribution is 4.96. The van der Waals surface area contributed by atoms with Gasteiger partial charge in [-0.3, -0.25) is 0 Å². The molecule has 1 unspecified atom stereocenters. The van der Waals surface area contributed by atoms with Crippen molar-refractivity contribution in [2.24, 2.45) is 5.41 Å². The summed E-state index contributed by atoms with van der Waals surface area (Å²) >= 11 is 0. The van der Waals surface area contributed by atoms with E-state index in [1.807, 2.05) is 6.92 Å². The molecule has 0 heterocycles. The minimum atomic E-state index is 0.267. The predicted molar refractivity (Wildman–Crippen MR) is 58.9 cm³/mol. The van der Waals surface area contributed by atoms with Crippen molar-refractivity contribution in [1.82, 2.24) is 0 Å². The molecule has 0 spiro atoms. The van der Waals surface area contributed by atoms with Crippen LogP contribution in [-0.2, 0) is 4.74 Å². The Morgan fingerprint density at radius 3 is 2.23 bits per heavy atom. The van der Waals surface area contributed by atoms with Gasteiger partial charge < -0.3 is 4.74 Å². The van der Waals surface area contributed by atoms with Gasteiger partial charge in [-0.1, -0.05) is 46.3 Å². The zero-order valence-electron chi connectivity index (χ0n) is 9.76. The van der Waals surface area contributed by atoms with Crippen molar-refractivity contribution in [3.8, 4) is 0 Å². The molecule has 0 radical (unpaired) electrons. The van der Waals surface area contributed by atoms with E-state index >= 15 is 0 Å². The summed E-state index contributed by atoms with van der Waals surface area (Å²) in [7, 11) is 0. The van der Waals surface area contributed by atoms with Gasteiger partial charge in [0.1, 0.15) is 0 Å². The first-order chi connectivity index (χ1) is 5.99. The van der Waals surface area contributed by atoms with Crippen LogP contribution in [0.25, 0.3) is 0 Å². The first-order valence-corrected chi connectivity index (χ1v) is 5.30. The SMILES string of the molecule is CCCC(/C=C/C(C)(C)C)OCC. The number of ether oxygens (including phenoxy) is 1. The Morgan fingerprint density at radius 1 is 1.23 bits per heavy atom. The Balaban J connectivity index is 4.00. The fraction of sp³-hybridized carbons (Fsp3) is 0.833. The van der Waals surface area contributed by atoms with Gasteiger partial charge in [-0.2, -0.15) is 0 Å². The molecule has 0 aromatic carbocycles. The predicted octanol–water partition coefficient (Wildman–Crippen LogP) is 3.79. The van der Waals surface area contributed by atoms with E-state index in [4.69, 9.17) is 4.74 Å². The van der Waals surface area contributed by atoms with Gasteiger partial charge in [-0.05, 0) is 18.8 Å². The lowest BCUT2D eigenvalue weighted by molar-refractivity contribution is 0.0891. The molecule has 1 nitrogen and oxygen atoms in total. The van der Waals surface area contributed by atoms with Gasteiger partial charge in [0.2, 0.25) is 0 Å². The van der Waals surface area contributed by atoms with Crippen LogP contribution in [0.5, 0.6) is 0 Å². The molecule has 0 saturated carbocycles. The molecule has 0 aliphatic rings. The van der Waals surface area contributed by atoms with Crippen LogP contribution in [0.2, 0.25) is 0 Å². The van der Waals surface area contributed by atoms with Gasteiger partial charge in [0.05, 0.1) is 6.10 Å². The number of allylic oxidation sites excluding steroid dienone is 1. The number of hydrogen-bond acceptors (Lipinski definition) is 1. The van der Waals surface area contributed by atoms with Crippen molar-refractivity contribution in [1.29, 1.82) is 0 Å². The summed E-state index contributed by atoms with van der Waals surface area (Å²) < 4.78 is 5.59. The maximum absolute atomic E-state index is 5.59. The molecule has 13 heavy (non-hydrogen) atoms. The van der Waals surface area contributed by atoms with Crippen LogP contribution in [0.1, 0.15) is 47.5 Å². The highest BCUT2D eigenvalue weighted by atomic mass is 16.5. The Hall–Kier alpha value is -0.300. The van der Waals surface area contributed by atoms with E-state index in [2.05, 4.69) is 39.8 Å². The third-order valence-corrected chi connectivity index (χ3v) is 1.76. The van der Waals surface area contributed by atoms with Crippen molar-refractivity contribution in [3.05, 3.63) is 12.2 Å². The van der Waals surface area contributed by atoms with Gasteiger partial charge in [0.25, 0.3) is 0 Å². The monoisotopic (exact) mass is 184 g/mol. The van der Waals surface area contributed by atoms with Gasteiger partial charge in [0.15, 0.2) is 0 Å². The molecule has 0 aromatic heterocycles. The number of hydrogen-bond donors (Lipinski definition) is 0. The fourth-order valence-electron chi connectivity index (χ4n) is 1.13. The van der Waals surface area contributed by atoms with Crippen LogP contribution in [0.15, 0.2) is 12.2 Å². The quantitative estimate of drug-likeness (QED) is 0.591. The summed E-state index contributed by atoms with van der Waals surface area (Å²) in [6, 6.07) is 0. The van der Waals surface area contributed by atoms with E-state index in [1.54, 1.807) is 0 Å². The maximum Gasteiger partial charge on any atom is 0.0755 e. The third-order valence-electron chi connectivity index (χ3n) is 1.76. The molecule has 0 aromatic rings. The molecule has 1 atom stereocenters. The normalized spacial score (nSPS) is 15.2. The van der Waals surface area contributed by atoms with Crippen LogP contribution in [0.3, 0.4) is 0 Å². The summed E-state index contributed by atoms with van der Waals surface area (Å²) in [5.41, 5.74) is 0.267. The van der Waals surface area contributed by atoms with Gasteiger partial charge in [-0.15, -0.1) is 0 Å². The highest BCUT2D eigenvalue weighted by Gasteiger charge is 2.07. The minimum Gasteiger partial charge on any atom is -0.374 e. The van der Waals surface area contributed by atoms with Gasteiger partial charge in [-0.25, -0.2) is 0 Å². The molecule has 0 aliphatic carbocycles. The van der Waals surface area contributed by atoms with Crippen LogP contribution in [-0.4, -0.2) is 12.7 Å². The van der Waals surface area contributed by atoms with Crippen molar-refractivity contribution in [2.45, 2.75) is 53.6 Å². The lowest BCUT2D eigenvalue weighted by Gasteiger charge is -2.16. The summed E-state index contributed by atoms with van der Waals surface area (Å²) in [6.07, 6.45) is 7.06. The zero-order valence-corrected chi connectivity index (χ0v) is 9.76. The standard InChI is InChI=1S/C12H24O/c1-6-8-11(13-7-2)9-10-12(3,4)5/h9-11H,6-8H2,1-5H3/b10-9+. The Bertz CT molecular complexity index is 136. The first-order valence-electron chi connectivity index (χ1n) is 5.30. The molecule has 0 aliphatic heterocycles. The van der Waals surface area contributed by atoms with Gasteiger partial charge in [0, 0.05) is 6.61 Å². The van der Waals surface area contributed by atoms with Crippen LogP contribution >= 0.6 is 0 Å². The molecule has 0 bridgehead atoms. The van der Waals surface area contributed by atoms with E-state index in [9.17, 15) is 0 Å². The summed E-state index contributed by atoms with van der Waals surface area (Å²) in [4.78, 5) is 0. The van der Waals surface area contributed by atoms with Crippen LogP contribution in [0, 0.1) is 5.41 Å². The molecule has 0 amide bonds. The van der Waals surface area contributed by atoms with Crippen molar-refractivity contribution in [3.63, 3.8) is 0 Å². The van der Waals surface area contributed by atoms with Gasteiger partial charge >= 0.3 is 0 Å². The second-order valence-electron chi connectivity index (χ2n) is 4.51. The average molecular weight is 184 g/mol. The molecular weight excluding hydrogens is 160 g/mol. The first kappa shape index (κ1) is 12.7. The summed E-state index contributed by atoms with van der Waals surface area (Å²) in [5, 5.41) is 0. The minimum absolute atomic E-state index is 0.267. The van der Waals surface area contributed by atoms with E-state index in [-0.39, 0.29) is 5.41 Å². The molecular formula is C12H24O. The van der Waals surface area contributed by atoms with E-state index in [0.29, 0.717) is 6.10 Å². The van der Waals surface area contributed by atoms with E-state index in [1.165, 1.54) is 6.42 Å². The van der Waals surface area contributed by atoms with E-state index in [0.717, 1.165) is 13.0 Å². The largest absolute Gasteiger partial charge is 0.374 e. The average Bonchev–Trinajstić information content (AvgIpc) is 2.00. The molecule has 1 heteroatoms. The molecule has 0 N–H and O–H groups in total. The van der Waals surface area contributed by atoms with Crippen molar-refractivity contribution in [2.75, 3.05) is 6.61 Å².